The summed E-state index contributed by atoms with van der Waals surface area (Å²) < 4.78 is 35.8. The Morgan fingerprint density at radius 1 is 1.30 bits per heavy atom. The first-order valence-electron chi connectivity index (χ1n) is 6.34. The molecule has 0 aliphatic carbocycles. The van der Waals surface area contributed by atoms with Gasteiger partial charge in [-0.1, -0.05) is 19.9 Å². The molecule has 0 saturated heterocycles. The van der Waals surface area contributed by atoms with Crippen LogP contribution in [0.3, 0.4) is 0 Å². The minimum absolute atomic E-state index is 0.100. The highest BCUT2D eigenvalue weighted by Crippen LogP contribution is 2.24. The van der Waals surface area contributed by atoms with Crippen LogP contribution in [0.4, 0.5) is 0 Å². The third-order valence-electron chi connectivity index (χ3n) is 3.55. The molecule has 2 rings (SSSR count). The quantitative estimate of drug-likeness (QED) is 0.843. The van der Waals surface area contributed by atoms with Crippen molar-refractivity contribution in [3.63, 3.8) is 0 Å². The van der Waals surface area contributed by atoms with Crippen molar-refractivity contribution in [1.29, 1.82) is 0 Å². The van der Waals surface area contributed by atoms with E-state index in [4.69, 9.17) is 0 Å². The van der Waals surface area contributed by atoms with Gasteiger partial charge in [-0.05, 0) is 25.0 Å². The molecular formula is C12H17N3O3S2. The van der Waals surface area contributed by atoms with Gasteiger partial charge in [-0.25, -0.2) is 13.1 Å². The largest absolute Gasteiger partial charge is 0.394 e. The second-order valence-electron chi connectivity index (χ2n) is 4.64. The SMILES string of the molecule is CCC(CC)(CO)NS(=O)(=O)c1cccc2nsnc12. The Morgan fingerprint density at radius 3 is 2.60 bits per heavy atom. The summed E-state index contributed by atoms with van der Waals surface area (Å²) in [6.45, 7) is 3.44. The van der Waals surface area contributed by atoms with Crippen molar-refractivity contribution >= 4 is 32.8 Å². The number of aromatic nitrogens is 2. The zero-order chi connectivity index (χ0) is 14.8. The lowest BCUT2D eigenvalue weighted by atomic mass is 9.96. The number of hydrogen-bond donors (Lipinski definition) is 2. The molecule has 0 radical (unpaired) electrons. The van der Waals surface area contributed by atoms with Crippen LogP contribution in [0.1, 0.15) is 26.7 Å². The number of aliphatic hydroxyl groups is 1. The Hall–Kier alpha value is -1.09. The molecule has 0 aliphatic heterocycles. The van der Waals surface area contributed by atoms with Crippen molar-refractivity contribution in [1.82, 2.24) is 13.5 Å². The van der Waals surface area contributed by atoms with Crippen LogP contribution in [-0.2, 0) is 10.0 Å². The van der Waals surface area contributed by atoms with E-state index < -0.39 is 15.6 Å². The third kappa shape index (κ3) is 2.69. The Kier molecular flexibility index (Phi) is 4.38. The molecule has 0 aliphatic rings. The van der Waals surface area contributed by atoms with Gasteiger partial charge in [0.2, 0.25) is 10.0 Å². The molecular weight excluding hydrogens is 298 g/mol. The van der Waals surface area contributed by atoms with Gasteiger partial charge < -0.3 is 5.11 Å². The van der Waals surface area contributed by atoms with E-state index in [0.717, 1.165) is 11.7 Å². The topological polar surface area (TPSA) is 92.2 Å². The number of fused-ring (bicyclic) bond motifs is 1. The predicted molar refractivity (Wildman–Crippen MR) is 78.1 cm³/mol. The molecule has 2 aromatic rings. The molecule has 2 N–H and O–H groups in total. The average molecular weight is 315 g/mol. The van der Waals surface area contributed by atoms with Crippen molar-refractivity contribution in [3.8, 4) is 0 Å². The molecule has 0 amide bonds. The maximum atomic E-state index is 12.6. The fourth-order valence-corrected chi connectivity index (χ4v) is 4.29. The zero-order valence-electron chi connectivity index (χ0n) is 11.3. The van der Waals surface area contributed by atoms with Gasteiger partial charge in [0.25, 0.3) is 0 Å². The maximum Gasteiger partial charge on any atom is 0.243 e. The van der Waals surface area contributed by atoms with E-state index in [9.17, 15) is 13.5 Å². The summed E-state index contributed by atoms with van der Waals surface area (Å²) in [6.07, 6.45) is 1.01. The molecule has 6 nitrogen and oxygen atoms in total. The van der Waals surface area contributed by atoms with E-state index in [1.54, 1.807) is 12.1 Å². The predicted octanol–water partition coefficient (Wildman–Crippen LogP) is 1.52. The number of nitrogens with one attached hydrogen (secondary N) is 1. The summed E-state index contributed by atoms with van der Waals surface area (Å²) in [5, 5.41) is 9.51. The molecule has 1 heterocycles. The van der Waals surface area contributed by atoms with Gasteiger partial charge in [-0.2, -0.15) is 8.75 Å². The second kappa shape index (κ2) is 5.72. The monoisotopic (exact) mass is 315 g/mol. The van der Waals surface area contributed by atoms with Gasteiger partial charge in [-0.15, -0.1) is 0 Å². The van der Waals surface area contributed by atoms with Crippen molar-refractivity contribution < 1.29 is 13.5 Å². The lowest BCUT2D eigenvalue weighted by Gasteiger charge is -2.30. The minimum Gasteiger partial charge on any atom is -0.394 e. The first kappa shape index (κ1) is 15.3. The van der Waals surface area contributed by atoms with Crippen LogP contribution in [0.25, 0.3) is 11.0 Å². The van der Waals surface area contributed by atoms with E-state index >= 15 is 0 Å². The lowest BCUT2D eigenvalue weighted by Crippen LogP contribution is -2.50. The number of rotatable bonds is 6. The van der Waals surface area contributed by atoms with Gasteiger partial charge in [-0.3, -0.25) is 0 Å². The first-order chi connectivity index (χ1) is 9.48. The van der Waals surface area contributed by atoms with Crippen LogP contribution in [0, 0.1) is 0 Å². The molecule has 0 atom stereocenters. The highest BCUT2D eigenvalue weighted by molar-refractivity contribution is 7.89. The molecule has 0 fully saturated rings. The molecule has 1 aromatic heterocycles. The zero-order valence-corrected chi connectivity index (χ0v) is 13.0. The van der Waals surface area contributed by atoms with Gasteiger partial charge in [0.05, 0.1) is 23.9 Å². The highest BCUT2D eigenvalue weighted by atomic mass is 32.2. The van der Waals surface area contributed by atoms with Crippen LogP contribution in [0.15, 0.2) is 23.1 Å². The fraction of sp³-hybridized carbons (Fsp3) is 0.500. The summed E-state index contributed by atoms with van der Waals surface area (Å²) in [5.41, 5.74) is 0.0780. The summed E-state index contributed by atoms with van der Waals surface area (Å²) in [6, 6.07) is 4.85. The normalized spacial score (nSPS) is 12.9. The number of hydrogen-bond acceptors (Lipinski definition) is 6. The highest BCUT2D eigenvalue weighted by Gasteiger charge is 2.32. The summed E-state index contributed by atoms with van der Waals surface area (Å²) in [4.78, 5) is 0.100. The Bertz CT molecular complexity index is 685. The Labute approximate surface area is 122 Å². The van der Waals surface area contributed by atoms with E-state index in [2.05, 4.69) is 13.5 Å². The van der Waals surface area contributed by atoms with Crippen LogP contribution < -0.4 is 4.72 Å². The summed E-state index contributed by atoms with van der Waals surface area (Å²) in [5.74, 6) is 0. The van der Waals surface area contributed by atoms with E-state index in [1.165, 1.54) is 6.07 Å². The molecule has 0 saturated carbocycles. The van der Waals surface area contributed by atoms with E-state index in [1.807, 2.05) is 13.8 Å². The fourth-order valence-electron chi connectivity index (χ4n) is 1.99. The van der Waals surface area contributed by atoms with Gasteiger partial charge >= 0.3 is 0 Å². The third-order valence-corrected chi connectivity index (χ3v) is 5.70. The molecule has 0 bridgehead atoms. The lowest BCUT2D eigenvalue weighted by molar-refractivity contribution is 0.172. The van der Waals surface area contributed by atoms with Crippen molar-refractivity contribution in [3.05, 3.63) is 18.2 Å². The van der Waals surface area contributed by atoms with E-state index in [0.29, 0.717) is 23.9 Å². The van der Waals surface area contributed by atoms with Crippen molar-refractivity contribution in [2.24, 2.45) is 0 Å². The summed E-state index contributed by atoms with van der Waals surface area (Å²) >= 11 is 0.977. The smallest absolute Gasteiger partial charge is 0.243 e. The first-order valence-corrected chi connectivity index (χ1v) is 8.55. The molecule has 110 valence electrons. The molecule has 0 spiro atoms. The Morgan fingerprint density at radius 2 is 2.00 bits per heavy atom. The maximum absolute atomic E-state index is 12.6. The molecule has 8 heteroatoms. The molecule has 0 unspecified atom stereocenters. The van der Waals surface area contributed by atoms with Crippen molar-refractivity contribution in [2.75, 3.05) is 6.61 Å². The molecule has 1 aromatic carbocycles. The minimum atomic E-state index is -3.76. The van der Waals surface area contributed by atoms with Gasteiger partial charge in [0.1, 0.15) is 15.9 Å². The molecule has 20 heavy (non-hydrogen) atoms. The van der Waals surface area contributed by atoms with Crippen LogP contribution in [0.2, 0.25) is 0 Å². The van der Waals surface area contributed by atoms with Gasteiger partial charge in [0, 0.05) is 0 Å². The van der Waals surface area contributed by atoms with Crippen LogP contribution in [-0.4, -0.2) is 34.4 Å². The number of nitrogens with zero attached hydrogens (tertiary/aromatic N) is 2. The number of benzene rings is 1. The van der Waals surface area contributed by atoms with E-state index in [-0.39, 0.29) is 11.5 Å². The summed E-state index contributed by atoms with van der Waals surface area (Å²) in [7, 11) is -3.76. The van der Waals surface area contributed by atoms with Crippen LogP contribution >= 0.6 is 11.7 Å². The second-order valence-corrected chi connectivity index (χ2v) is 6.82. The Balaban J connectivity index is 2.48. The number of sulfonamides is 1. The standard InChI is InChI=1S/C12H17N3O3S2/c1-3-12(4-2,8-16)15-20(17,18)10-7-5-6-9-11(10)14-19-13-9/h5-7,15-16H,3-4,8H2,1-2H3. The van der Waals surface area contributed by atoms with Crippen LogP contribution in [0.5, 0.6) is 0 Å². The van der Waals surface area contributed by atoms with Crippen molar-refractivity contribution in [2.45, 2.75) is 37.1 Å². The average Bonchev–Trinajstić information content (AvgIpc) is 2.93. The van der Waals surface area contributed by atoms with Gasteiger partial charge in [0.15, 0.2) is 0 Å². The number of aliphatic hydroxyl groups excluding tert-OH is 1.